The number of methoxy groups -OCH3 is 1. The van der Waals surface area contributed by atoms with Gasteiger partial charge in [-0.2, -0.15) is 0 Å². The fourth-order valence-electron chi connectivity index (χ4n) is 1.79. The van der Waals surface area contributed by atoms with Crippen LogP contribution in [0.5, 0.6) is 5.75 Å². The Kier molecular flexibility index (Phi) is 3.94. The molecule has 1 aromatic heterocycles. The van der Waals surface area contributed by atoms with Crippen LogP contribution in [0.15, 0.2) is 40.3 Å². The van der Waals surface area contributed by atoms with Crippen LogP contribution in [-0.2, 0) is 0 Å². The van der Waals surface area contributed by atoms with Crippen LogP contribution < -0.4 is 10.1 Å². The maximum absolute atomic E-state index is 5.82. The average Bonchev–Trinajstić information content (AvgIpc) is 2.79. The molecule has 3 nitrogen and oxygen atoms in total. The molecule has 1 heterocycles. The molecule has 1 unspecified atom stereocenters. The lowest BCUT2D eigenvalue weighted by molar-refractivity contribution is 0.401. The van der Waals surface area contributed by atoms with E-state index in [0.29, 0.717) is 11.6 Å². The van der Waals surface area contributed by atoms with E-state index in [1.807, 2.05) is 31.2 Å². The number of furan rings is 1. The molecule has 0 aliphatic rings. The van der Waals surface area contributed by atoms with Gasteiger partial charge in [-0.05, 0) is 19.1 Å². The second kappa shape index (κ2) is 5.46. The molecule has 1 aromatic carbocycles. The van der Waals surface area contributed by atoms with Gasteiger partial charge in [-0.3, -0.25) is 0 Å². The van der Waals surface area contributed by atoms with Crippen LogP contribution in [0.4, 0.5) is 0 Å². The number of ether oxygens (including phenoxy) is 1. The Morgan fingerprint density at radius 3 is 3.00 bits per heavy atom. The van der Waals surface area contributed by atoms with Crippen molar-refractivity contribution in [2.75, 3.05) is 13.7 Å². The standard InChI is InChI=1S/C14H16ClNO2/c1-9(15)8-16-10(2)13-7-11-5-4-6-12(17-3)14(11)18-13/h4-7,10,16H,1,8H2,2-3H3. The topological polar surface area (TPSA) is 34.4 Å². The van der Waals surface area contributed by atoms with Gasteiger partial charge in [0.15, 0.2) is 11.3 Å². The first-order valence-corrected chi connectivity index (χ1v) is 6.12. The summed E-state index contributed by atoms with van der Waals surface area (Å²) < 4.78 is 11.1. The summed E-state index contributed by atoms with van der Waals surface area (Å²) in [5, 5.41) is 4.84. The largest absolute Gasteiger partial charge is 0.493 e. The average molecular weight is 266 g/mol. The number of hydrogen-bond acceptors (Lipinski definition) is 3. The molecule has 1 N–H and O–H groups in total. The van der Waals surface area contributed by atoms with E-state index in [1.165, 1.54) is 0 Å². The molecular weight excluding hydrogens is 250 g/mol. The number of hydrogen-bond donors (Lipinski definition) is 1. The smallest absolute Gasteiger partial charge is 0.176 e. The van der Waals surface area contributed by atoms with Crippen molar-refractivity contribution in [3.05, 3.63) is 41.6 Å². The molecule has 2 rings (SSSR count). The van der Waals surface area contributed by atoms with Crippen molar-refractivity contribution in [1.82, 2.24) is 5.32 Å². The molecule has 0 amide bonds. The van der Waals surface area contributed by atoms with Gasteiger partial charge in [-0.1, -0.05) is 30.3 Å². The van der Waals surface area contributed by atoms with Gasteiger partial charge in [-0.15, -0.1) is 0 Å². The third-order valence-corrected chi connectivity index (χ3v) is 2.91. The first kappa shape index (κ1) is 13.0. The molecule has 0 bridgehead atoms. The van der Waals surface area contributed by atoms with Crippen LogP contribution >= 0.6 is 11.6 Å². The first-order valence-electron chi connectivity index (χ1n) is 5.75. The van der Waals surface area contributed by atoms with E-state index in [-0.39, 0.29) is 6.04 Å². The number of para-hydroxylation sites is 1. The fraction of sp³-hybridized carbons (Fsp3) is 0.286. The molecule has 0 aliphatic carbocycles. The number of rotatable bonds is 5. The van der Waals surface area contributed by atoms with E-state index >= 15 is 0 Å². The number of fused-ring (bicyclic) bond motifs is 1. The zero-order chi connectivity index (χ0) is 13.1. The van der Waals surface area contributed by atoms with Crippen molar-refractivity contribution in [2.24, 2.45) is 0 Å². The minimum absolute atomic E-state index is 0.0672. The van der Waals surface area contributed by atoms with E-state index in [1.54, 1.807) is 7.11 Å². The van der Waals surface area contributed by atoms with Crippen molar-refractivity contribution < 1.29 is 9.15 Å². The van der Waals surface area contributed by atoms with Crippen LogP contribution in [0.3, 0.4) is 0 Å². The van der Waals surface area contributed by atoms with E-state index in [0.717, 1.165) is 22.5 Å². The van der Waals surface area contributed by atoms with Crippen molar-refractivity contribution in [2.45, 2.75) is 13.0 Å². The maximum Gasteiger partial charge on any atom is 0.176 e. The van der Waals surface area contributed by atoms with Crippen LogP contribution in [0.2, 0.25) is 0 Å². The summed E-state index contributed by atoms with van der Waals surface area (Å²) in [6.45, 7) is 6.21. The van der Waals surface area contributed by atoms with Gasteiger partial charge in [0.05, 0.1) is 13.2 Å². The van der Waals surface area contributed by atoms with E-state index in [9.17, 15) is 0 Å². The Balaban J connectivity index is 2.26. The van der Waals surface area contributed by atoms with Gasteiger partial charge in [-0.25, -0.2) is 0 Å². The number of halogens is 1. The third-order valence-electron chi connectivity index (χ3n) is 2.77. The Hall–Kier alpha value is -1.45. The second-order valence-corrected chi connectivity index (χ2v) is 4.68. The van der Waals surface area contributed by atoms with Crippen molar-refractivity contribution in [3.63, 3.8) is 0 Å². The van der Waals surface area contributed by atoms with Crippen LogP contribution in [0.1, 0.15) is 18.7 Å². The Labute approximate surface area is 111 Å². The third kappa shape index (κ3) is 2.68. The van der Waals surface area contributed by atoms with Crippen LogP contribution in [0.25, 0.3) is 11.0 Å². The molecule has 4 heteroatoms. The van der Waals surface area contributed by atoms with Gasteiger partial charge in [0, 0.05) is 17.0 Å². The molecule has 0 radical (unpaired) electrons. The lowest BCUT2D eigenvalue weighted by Crippen LogP contribution is -2.19. The lowest BCUT2D eigenvalue weighted by Gasteiger charge is -2.09. The van der Waals surface area contributed by atoms with E-state index < -0.39 is 0 Å². The highest BCUT2D eigenvalue weighted by Gasteiger charge is 2.13. The van der Waals surface area contributed by atoms with Gasteiger partial charge < -0.3 is 14.5 Å². The Morgan fingerprint density at radius 2 is 2.33 bits per heavy atom. The van der Waals surface area contributed by atoms with E-state index in [4.69, 9.17) is 20.8 Å². The molecular formula is C14H16ClNO2. The molecule has 0 saturated heterocycles. The van der Waals surface area contributed by atoms with Crippen molar-refractivity contribution in [3.8, 4) is 5.75 Å². The summed E-state index contributed by atoms with van der Waals surface area (Å²) in [5.74, 6) is 1.60. The van der Waals surface area contributed by atoms with Gasteiger partial charge in [0.25, 0.3) is 0 Å². The normalized spacial score (nSPS) is 12.6. The zero-order valence-electron chi connectivity index (χ0n) is 10.5. The van der Waals surface area contributed by atoms with Crippen molar-refractivity contribution in [1.29, 1.82) is 0 Å². The Morgan fingerprint density at radius 1 is 1.56 bits per heavy atom. The number of benzene rings is 1. The summed E-state index contributed by atoms with van der Waals surface area (Å²) in [7, 11) is 1.64. The molecule has 96 valence electrons. The molecule has 18 heavy (non-hydrogen) atoms. The minimum Gasteiger partial charge on any atom is -0.493 e. The summed E-state index contributed by atoms with van der Waals surface area (Å²) in [6.07, 6.45) is 0. The molecule has 0 fully saturated rings. The molecule has 0 saturated carbocycles. The second-order valence-electron chi connectivity index (χ2n) is 4.15. The van der Waals surface area contributed by atoms with Gasteiger partial charge >= 0.3 is 0 Å². The molecule has 1 atom stereocenters. The van der Waals surface area contributed by atoms with Crippen LogP contribution in [-0.4, -0.2) is 13.7 Å². The van der Waals surface area contributed by atoms with Gasteiger partial charge in [0.2, 0.25) is 0 Å². The monoisotopic (exact) mass is 265 g/mol. The quantitative estimate of drug-likeness (QED) is 0.892. The summed E-state index contributed by atoms with van der Waals surface area (Å²) >= 11 is 5.73. The maximum atomic E-state index is 5.82. The summed E-state index contributed by atoms with van der Waals surface area (Å²) in [6, 6.07) is 7.90. The zero-order valence-corrected chi connectivity index (χ0v) is 11.3. The lowest BCUT2D eigenvalue weighted by atomic mass is 10.2. The highest BCUT2D eigenvalue weighted by atomic mass is 35.5. The van der Waals surface area contributed by atoms with Gasteiger partial charge in [0.1, 0.15) is 5.76 Å². The highest BCUT2D eigenvalue weighted by molar-refractivity contribution is 6.29. The molecule has 0 spiro atoms. The SMILES string of the molecule is C=C(Cl)CNC(C)c1cc2cccc(OC)c2o1. The summed E-state index contributed by atoms with van der Waals surface area (Å²) in [4.78, 5) is 0. The minimum atomic E-state index is 0.0672. The van der Waals surface area contributed by atoms with Crippen LogP contribution in [0, 0.1) is 0 Å². The predicted molar refractivity (Wildman–Crippen MR) is 74.2 cm³/mol. The number of nitrogens with one attached hydrogen (secondary N) is 1. The molecule has 0 aliphatic heterocycles. The predicted octanol–water partition coefficient (Wildman–Crippen LogP) is 3.84. The first-order chi connectivity index (χ1) is 8.61. The Bertz CT molecular complexity index is 562. The van der Waals surface area contributed by atoms with Crippen molar-refractivity contribution >= 4 is 22.6 Å². The summed E-state index contributed by atoms with van der Waals surface area (Å²) in [5.41, 5.74) is 0.772. The van der Waals surface area contributed by atoms with E-state index in [2.05, 4.69) is 11.9 Å². The highest BCUT2D eigenvalue weighted by Crippen LogP contribution is 2.30. The molecule has 2 aromatic rings. The fourth-order valence-corrected chi connectivity index (χ4v) is 1.87.